The van der Waals surface area contributed by atoms with Gasteiger partial charge < -0.3 is 9.80 Å². The molecule has 0 aromatic heterocycles. The Bertz CT molecular complexity index is 803. The summed E-state index contributed by atoms with van der Waals surface area (Å²) in [5.74, 6) is -1.07. The third kappa shape index (κ3) is 3.78. The van der Waals surface area contributed by atoms with Crippen molar-refractivity contribution in [2.75, 3.05) is 32.7 Å². The number of nitrogens with zero attached hydrogens (tertiary/aromatic N) is 3. The van der Waals surface area contributed by atoms with E-state index in [-0.39, 0.29) is 42.0 Å². The van der Waals surface area contributed by atoms with Crippen molar-refractivity contribution < 1.29 is 19.2 Å². The molecule has 2 atom stereocenters. The van der Waals surface area contributed by atoms with Crippen molar-refractivity contribution >= 4 is 23.6 Å². The van der Waals surface area contributed by atoms with Gasteiger partial charge in [0.1, 0.15) is 6.54 Å². The smallest absolute Gasteiger partial charge is 0.253 e. The number of rotatable bonds is 3. The molecule has 7 heteroatoms. The van der Waals surface area contributed by atoms with Crippen molar-refractivity contribution in [3.63, 3.8) is 0 Å². The van der Waals surface area contributed by atoms with Crippen molar-refractivity contribution in [2.45, 2.75) is 32.6 Å². The van der Waals surface area contributed by atoms with Crippen molar-refractivity contribution in [3.05, 3.63) is 35.4 Å². The van der Waals surface area contributed by atoms with Crippen LogP contribution in [-0.4, -0.2) is 71.1 Å². The largest absolute Gasteiger partial charge is 0.338 e. The number of hydrogen-bond donors (Lipinski definition) is 0. The van der Waals surface area contributed by atoms with Crippen LogP contribution in [0, 0.1) is 18.8 Å². The quantitative estimate of drug-likeness (QED) is 0.724. The van der Waals surface area contributed by atoms with Crippen molar-refractivity contribution in [3.8, 4) is 0 Å². The lowest BCUT2D eigenvalue weighted by atomic mass is 9.81. The van der Waals surface area contributed by atoms with E-state index in [1.54, 1.807) is 9.80 Å². The Balaban J connectivity index is 1.32. The number of likely N-dealkylation sites (tertiary alicyclic amines) is 1. The van der Waals surface area contributed by atoms with Crippen LogP contribution in [0.2, 0.25) is 0 Å². The summed E-state index contributed by atoms with van der Waals surface area (Å²) in [7, 11) is 0. The highest BCUT2D eigenvalue weighted by Crippen LogP contribution is 2.37. The number of hydrogen-bond acceptors (Lipinski definition) is 4. The SMILES string of the molecule is Cc1ccc(C(=O)N2CCN(C(=O)CN3C(=O)C4CCCCC4C3=O)CC2)cc1. The number of amides is 4. The molecule has 0 radical (unpaired) electrons. The van der Waals surface area contributed by atoms with Crippen LogP contribution < -0.4 is 0 Å². The first-order valence-corrected chi connectivity index (χ1v) is 10.4. The highest BCUT2D eigenvalue weighted by molar-refractivity contribution is 6.07. The van der Waals surface area contributed by atoms with E-state index < -0.39 is 0 Å². The molecule has 1 aliphatic carbocycles. The number of carbonyl (C=O) groups is 4. The molecule has 0 bridgehead atoms. The Kier molecular flexibility index (Phi) is 5.39. The van der Waals surface area contributed by atoms with E-state index in [1.165, 1.54) is 4.90 Å². The summed E-state index contributed by atoms with van der Waals surface area (Å²) in [6.07, 6.45) is 3.44. The average Bonchev–Trinajstić information content (AvgIpc) is 2.99. The van der Waals surface area contributed by atoms with Gasteiger partial charge in [-0.3, -0.25) is 24.1 Å². The fourth-order valence-corrected chi connectivity index (χ4v) is 4.66. The molecule has 154 valence electrons. The number of fused-ring (bicyclic) bond motifs is 1. The minimum absolute atomic E-state index is 0.0360. The van der Waals surface area contributed by atoms with Gasteiger partial charge in [0.15, 0.2) is 0 Å². The maximum atomic E-state index is 12.7. The number of carbonyl (C=O) groups excluding carboxylic acids is 4. The number of aryl methyl sites for hydroxylation is 1. The molecule has 0 spiro atoms. The summed E-state index contributed by atoms with van der Waals surface area (Å²) in [4.78, 5) is 55.0. The number of benzene rings is 1. The van der Waals surface area contributed by atoms with E-state index in [2.05, 4.69) is 0 Å². The first-order chi connectivity index (χ1) is 14.0. The van der Waals surface area contributed by atoms with Gasteiger partial charge in [0.25, 0.3) is 5.91 Å². The Morgan fingerprint density at radius 3 is 1.93 bits per heavy atom. The molecular formula is C22H27N3O4. The van der Waals surface area contributed by atoms with Gasteiger partial charge >= 0.3 is 0 Å². The van der Waals surface area contributed by atoms with Crippen LogP contribution in [-0.2, 0) is 14.4 Å². The normalized spacial score (nSPS) is 24.7. The van der Waals surface area contributed by atoms with E-state index >= 15 is 0 Å². The molecule has 3 fully saturated rings. The molecule has 4 amide bonds. The highest BCUT2D eigenvalue weighted by Gasteiger charge is 2.48. The second-order valence-electron chi connectivity index (χ2n) is 8.30. The average molecular weight is 397 g/mol. The van der Waals surface area contributed by atoms with E-state index in [1.807, 2.05) is 31.2 Å². The fourth-order valence-electron chi connectivity index (χ4n) is 4.66. The molecule has 4 rings (SSSR count). The molecule has 7 nitrogen and oxygen atoms in total. The third-order valence-corrected chi connectivity index (χ3v) is 6.44. The van der Waals surface area contributed by atoms with Crippen LogP contribution in [0.15, 0.2) is 24.3 Å². The summed E-state index contributed by atoms with van der Waals surface area (Å²) >= 11 is 0. The molecule has 1 aromatic carbocycles. The predicted molar refractivity (Wildman–Crippen MR) is 106 cm³/mol. The number of imide groups is 1. The fraction of sp³-hybridized carbons (Fsp3) is 0.545. The van der Waals surface area contributed by atoms with Crippen LogP contribution in [0.25, 0.3) is 0 Å². The molecule has 29 heavy (non-hydrogen) atoms. The summed E-state index contributed by atoms with van der Waals surface area (Å²) in [5, 5.41) is 0. The Morgan fingerprint density at radius 1 is 0.862 bits per heavy atom. The van der Waals surface area contributed by atoms with E-state index in [9.17, 15) is 19.2 Å². The van der Waals surface area contributed by atoms with Crippen molar-refractivity contribution in [1.29, 1.82) is 0 Å². The maximum Gasteiger partial charge on any atom is 0.253 e. The van der Waals surface area contributed by atoms with Crippen molar-refractivity contribution in [2.24, 2.45) is 11.8 Å². The molecule has 2 saturated heterocycles. The lowest BCUT2D eigenvalue weighted by Gasteiger charge is -2.35. The highest BCUT2D eigenvalue weighted by atomic mass is 16.2. The third-order valence-electron chi connectivity index (χ3n) is 6.44. The zero-order valence-electron chi connectivity index (χ0n) is 16.8. The molecule has 2 aliphatic heterocycles. The summed E-state index contributed by atoms with van der Waals surface area (Å²) in [5.41, 5.74) is 1.74. The zero-order valence-corrected chi connectivity index (χ0v) is 16.8. The van der Waals surface area contributed by atoms with Gasteiger partial charge in [-0.1, -0.05) is 30.5 Å². The Morgan fingerprint density at radius 2 is 1.38 bits per heavy atom. The van der Waals surface area contributed by atoms with Crippen molar-refractivity contribution in [1.82, 2.24) is 14.7 Å². The minimum atomic E-state index is -0.229. The lowest BCUT2D eigenvalue weighted by molar-refractivity contribution is -0.147. The molecular weight excluding hydrogens is 370 g/mol. The van der Waals surface area contributed by atoms with Crippen LogP contribution in [0.4, 0.5) is 0 Å². The van der Waals surface area contributed by atoms with Gasteiger partial charge in [-0.2, -0.15) is 0 Å². The van der Waals surface area contributed by atoms with Crippen LogP contribution in [0.3, 0.4) is 0 Å². The topological polar surface area (TPSA) is 78.0 Å². The molecule has 2 heterocycles. The van der Waals surface area contributed by atoms with Gasteiger partial charge in [-0.05, 0) is 31.9 Å². The van der Waals surface area contributed by atoms with Crippen LogP contribution in [0.1, 0.15) is 41.6 Å². The monoisotopic (exact) mass is 397 g/mol. The molecule has 0 N–H and O–H groups in total. The first-order valence-electron chi connectivity index (χ1n) is 10.4. The second-order valence-corrected chi connectivity index (χ2v) is 8.30. The van der Waals surface area contributed by atoms with Crippen LogP contribution >= 0.6 is 0 Å². The first kappa shape index (κ1) is 19.6. The van der Waals surface area contributed by atoms with Crippen LogP contribution in [0.5, 0.6) is 0 Å². The molecule has 3 aliphatic rings. The Hall–Kier alpha value is -2.70. The molecule has 1 saturated carbocycles. The van der Waals surface area contributed by atoms with E-state index in [4.69, 9.17) is 0 Å². The van der Waals surface area contributed by atoms with Gasteiger partial charge in [0, 0.05) is 31.7 Å². The molecule has 1 aromatic rings. The lowest BCUT2D eigenvalue weighted by Crippen LogP contribution is -2.53. The van der Waals surface area contributed by atoms with E-state index in [0.717, 1.165) is 31.2 Å². The van der Waals surface area contributed by atoms with Gasteiger partial charge in [0.05, 0.1) is 11.8 Å². The predicted octanol–water partition coefficient (Wildman–Crippen LogP) is 1.45. The van der Waals surface area contributed by atoms with E-state index in [0.29, 0.717) is 31.7 Å². The maximum absolute atomic E-state index is 12.7. The van der Waals surface area contributed by atoms with Gasteiger partial charge in [-0.25, -0.2) is 0 Å². The minimum Gasteiger partial charge on any atom is -0.338 e. The summed E-state index contributed by atoms with van der Waals surface area (Å²) < 4.78 is 0. The Labute approximate surface area is 170 Å². The summed E-state index contributed by atoms with van der Waals surface area (Å²) in [6.45, 7) is 3.54. The summed E-state index contributed by atoms with van der Waals surface area (Å²) in [6, 6.07) is 7.46. The zero-order chi connectivity index (χ0) is 20.5. The second kappa shape index (κ2) is 7.97. The number of piperazine rings is 1. The van der Waals surface area contributed by atoms with Gasteiger partial charge in [0.2, 0.25) is 17.7 Å². The van der Waals surface area contributed by atoms with Gasteiger partial charge in [-0.15, -0.1) is 0 Å². The standard InChI is InChI=1S/C22H27N3O4/c1-15-6-8-16(9-7-15)20(27)24-12-10-23(11-13-24)19(26)14-25-21(28)17-4-2-3-5-18(17)22(25)29/h6-9,17-18H,2-5,10-14H2,1H3. The molecule has 2 unspecified atom stereocenters.